The molecule has 1 aliphatic carbocycles. The Balaban J connectivity index is 2.47. The standard InChI is InChI=1S/C17H33NO2/c1-4-7-15-8-5-9-16(12-11-15)18(14(2)3)13-6-10-17(19)20/h14-16H,4-13H2,1-3H3,(H,19,20). The van der Waals surface area contributed by atoms with Crippen LogP contribution >= 0.6 is 0 Å². The largest absolute Gasteiger partial charge is 0.481 e. The molecule has 1 fully saturated rings. The van der Waals surface area contributed by atoms with Gasteiger partial charge >= 0.3 is 5.97 Å². The highest BCUT2D eigenvalue weighted by Gasteiger charge is 2.24. The van der Waals surface area contributed by atoms with Crippen LogP contribution in [0.4, 0.5) is 0 Å². The highest BCUT2D eigenvalue weighted by molar-refractivity contribution is 5.66. The summed E-state index contributed by atoms with van der Waals surface area (Å²) in [5.74, 6) is 0.260. The molecular formula is C17H33NO2. The molecule has 1 rings (SSSR count). The number of carboxylic acid groups (broad SMARTS) is 1. The number of carboxylic acids is 1. The predicted molar refractivity (Wildman–Crippen MR) is 84.0 cm³/mol. The van der Waals surface area contributed by atoms with E-state index in [1.54, 1.807) is 0 Å². The van der Waals surface area contributed by atoms with Crippen LogP contribution in [0.25, 0.3) is 0 Å². The molecule has 1 saturated carbocycles. The summed E-state index contributed by atoms with van der Waals surface area (Å²) in [4.78, 5) is 13.2. The molecule has 2 atom stereocenters. The Morgan fingerprint density at radius 2 is 2.00 bits per heavy atom. The Morgan fingerprint density at radius 3 is 2.60 bits per heavy atom. The quantitative estimate of drug-likeness (QED) is 0.675. The molecule has 0 saturated heterocycles. The second kappa shape index (κ2) is 9.38. The molecule has 0 aromatic heterocycles. The van der Waals surface area contributed by atoms with E-state index in [2.05, 4.69) is 25.7 Å². The Hall–Kier alpha value is -0.570. The van der Waals surface area contributed by atoms with Crippen LogP contribution in [0.3, 0.4) is 0 Å². The maximum atomic E-state index is 10.7. The molecule has 0 spiro atoms. The Kier molecular flexibility index (Phi) is 8.20. The van der Waals surface area contributed by atoms with Gasteiger partial charge in [0.15, 0.2) is 0 Å². The molecule has 0 aliphatic heterocycles. The lowest BCUT2D eigenvalue weighted by Crippen LogP contribution is -2.41. The van der Waals surface area contributed by atoms with Gasteiger partial charge < -0.3 is 5.11 Å². The number of hydrogen-bond donors (Lipinski definition) is 1. The summed E-state index contributed by atoms with van der Waals surface area (Å²) >= 11 is 0. The van der Waals surface area contributed by atoms with E-state index in [4.69, 9.17) is 5.11 Å². The second-order valence-corrected chi connectivity index (χ2v) is 6.65. The van der Waals surface area contributed by atoms with Crippen LogP contribution in [0.1, 0.15) is 78.6 Å². The lowest BCUT2D eigenvalue weighted by atomic mass is 9.95. The maximum absolute atomic E-state index is 10.7. The van der Waals surface area contributed by atoms with Crippen molar-refractivity contribution in [1.29, 1.82) is 0 Å². The Labute approximate surface area is 124 Å². The molecule has 1 N–H and O–H groups in total. The summed E-state index contributed by atoms with van der Waals surface area (Å²) in [5, 5.41) is 8.80. The van der Waals surface area contributed by atoms with Crippen molar-refractivity contribution < 1.29 is 9.90 Å². The first-order valence-electron chi connectivity index (χ1n) is 8.52. The maximum Gasteiger partial charge on any atom is 0.303 e. The van der Waals surface area contributed by atoms with Crippen LogP contribution in [-0.4, -0.2) is 34.6 Å². The third kappa shape index (κ3) is 6.25. The smallest absolute Gasteiger partial charge is 0.303 e. The highest BCUT2D eigenvalue weighted by atomic mass is 16.4. The van der Waals surface area contributed by atoms with Crippen LogP contribution in [0.2, 0.25) is 0 Å². The van der Waals surface area contributed by atoms with E-state index in [0.717, 1.165) is 18.9 Å². The zero-order valence-electron chi connectivity index (χ0n) is 13.6. The van der Waals surface area contributed by atoms with Crippen molar-refractivity contribution in [2.45, 2.75) is 90.6 Å². The van der Waals surface area contributed by atoms with E-state index in [1.807, 2.05) is 0 Å². The van der Waals surface area contributed by atoms with Gasteiger partial charge in [0.1, 0.15) is 0 Å². The van der Waals surface area contributed by atoms with Gasteiger partial charge in [-0.1, -0.05) is 32.6 Å². The van der Waals surface area contributed by atoms with E-state index in [-0.39, 0.29) is 0 Å². The molecule has 1 aliphatic rings. The van der Waals surface area contributed by atoms with Gasteiger partial charge in [-0.2, -0.15) is 0 Å². The molecule has 2 unspecified atom stereocenters. The highest BCUT2D eigenvalue weighted by Crippen LogP contribution is 2.30. The van der Waals surface area contributed by atoms with Crippen LogP contribution in [0, 0.1) is 5.92 Å². The van der Waals surface area contributed by atoms with Crippen molar-refractivity contribution in [2.75, 3.05) is 6.54 Å². The molecule has 0 amide bonds. The fourth-order valence-corrected chi connectivity index (χ4v) is 3.66. The first kappa shape index (κ1) is 17.5. The van der Waals surface area contributed by atoms with Crippen molar-refractivity contribution in [1.82, 2.24) is 4.90 Å². The van der Waals surface area contributed by atoms with E-state index in [1.165, 1.54) is 44.9 Å². The number of nitrogens with zero attached hydrogens (tertiary/aromatic N) is 1. The molecule has 3 heteroatoms. The van der Waals surface area contributed by atoms with E-state index < -0.39 is 5.97 Å². The molecule has 0 radical (unpaired) electrons. The summed E-state index contributed by atoms with van der Waals surface area (Å²) in [6, 6.07) is 1.20. The third-order valence-corrected chi connectivity index (χ3v) is 4.69. The average Bonchev–Trinajstić information content (AvgIpc) is 2.60. The van der Waals surface area contributed by atoms with Crippen LogP contribution in [-0.2, 0) is 4.79 Å². The fourth-order valence-electron chi connectivity index (χ4n) is 3.66. The molecule has 118 valence electrons. The number of rotatable bonds is 8. The minimum Gasteiger partial charge on any atom is -0.481 e. The SMILES string of the molecule is CCCC1CCCC(N(CCCC(=O)O)C(C)C)CC1. The van der Waals surface area contributed by atoms with Gasteiger partial charge in [0.05, 0.1) is 0 Å². The van der Waals surface area contributed by atoms with Gasteiger partial charge in [0.2, 0.25) is 0 Å². The number of hydrogen-bond acceptors (Lipinski definition) is 2. The van der Waals surface area contributed by atoms with Crippen molar-refractivity contribution in [2.24, 2.45) is 5.92 Å². The predicted octanol–water partition coefficient (Wildman–Crippen LogP) is 4.31. The van der Waals surface area contributed by atoms with Crippen LogP contribution < -0.4 is 0 Å². The lowest BCUT2D eigenvalue weighted by molar-refractivity contribution is -0.137. The fraction of sp³-hybridized carbons (Fsp3) is 0.941. The van der Waals surface area contributed by atoms with Crippen molar-refractivity contribution >= 4 is 5.97 Å². The summed E-state index contributed by atoms with van der Waals surface area (Å²) in [6.45, 7) is 7.71. The molecule has 0 bridgehead atoms. The zero-order chi connectivity index (χ0) is 15.0. The van der Waals surface area contributed by atoms with Gasteiger partial charge in [-0.05, 0) is 52.0 Å². The van der Waals surface area contributed by atoms with Gasteiger partial charge in [0.25, 0.3) is 0 Å². The lowest BCUT2D eigenvalue weighted by Gasteiger charge is -2.34. The van der Waals surface area contributed by atoms with E-state index in [0.29, 0.717) is 18.5 Å². The first-order valence-corrected chi connectivity index (χ1v) is 8.52. The molecule has 3 nitrogen and oxygen atoms in total. The summed E-state index contributed by atoms with van der Waals surface area (Å²) < 4.78 is 0. The zero-order valence-corrected chi connectivity index (χ0v) is 13.6. The normalized spacial score (nSPS) is 24.1. The van der Waals surface area contributed by atoms with Gasteiger partial charge in [0, 0.05) is 18.5 Å². The first-order chi connectivity index (χ1) is 9.54. The average molecular weight is 283 g/mol. The van der Waals surface area contributed by atoms with Crippen LogP contribution in [0.5, 0.6) is 0 Å². The minimum absolute atomic E-state index is 0.300. The molecular weight excluding hydrogens is 250 g/mol. The molecule has 0 heterocycles. The van der Waals surface area contributed by atoms with Gasteiger partial charge in [-0.15, -0.1) is 0 Å². The number of aliphatic carboxylic acids is 1. The molecule has 0 aromatic carbocycles. The second-order valence-electron chi connectivity index (χ2n) is 6.65. The van der Waals surface area contributed by atoms with Crippen molar-refractivity contribution in [3.63, 3.8) is 0 Å². The minimum atomic E-state index is -0.669. The van der Waals surface area contributed by atoms with E-state index >= 15 is 0 Å². The van der Waals surface area contributed by atoms with Gasteiger partial charge in [-0.25, -0.2) is 0 Å². The van der Waals surface area contributed by atoms with Crippen molar-refractivity contribution in [3.8, 4) is 0 Å². The third-order valence-electron chi connectivity index (χ3n) is 4.69. The Morgan fingerprint density at radius 1 is 1.25 bits per heavy atom. The summed E-state index contributed by atoms with van der Waals surface area (Å²) in [5.41, 5.74) is 0. The van der Waals surface area contributed by atoms with Gasteiger partial charge in [-0.3, -0.25) is 9.69 Å². The summed E-state index contributed by atoms with van der Waals surface area (Å²) in [6.07, 6.45) is 10.5. The van der Waals surface area contributed by atoms with Crippen molar-refractivity contribution in [3.05, 3.63) is 0 Å². The number of carbonyl (C=O) groups is 1. The van der Waals surface area contributed by atoms with Crippen LogP contribution in [0.15, 0.2) is 0 Å². The van der Waals surface area contributed by atoms with E-state index in [9.17, 15) is 4.79 Å². The molecule has 20 heavy (non-hydrogen) atoms. The topological polar surface area (TPSA) is 40.5 Å². The molecule has 0 aromatic rings. The monoisotopic (exact) mass is 283 g/mol. The summed E-state index contributed by atoms with van der Waals surface area (Å²) in [7, 11) is 0. The Bertz CT molecular complexity index is 278.